The van der Waals surface area contributed by atoms with Gasteiger partial charge in [-0.05, 0) is 12.1 Å². The highest BCUT2D eigenvalue weighted by molar-refractivity contribution is 5.79. The summed E-state index contributed by atoms with van der Waals surface area (Å²) >= 11 is 0. The number of H-pyrrole nitrogens is 1. The number of imidazole rings is 1. The number of para-hydroxylation sites is 2. The molecule has 20 heavy (non-hydrogen) atoms. The van der Waals surface area contributed by atoms with Gasteiger partial charge in [-0.15, -0.1) is 0 Å². The zero-order valence-corrected chi connectivity index (χ0v) is 11.9. The van der Waals surface area contributed by atoms with E-state index < -0.39 is 0 Å². The van der Waals surface area contributed by atoms with Gasteiger partial charge in [0.15, 0.2) is 5.96 Å². The fourth-order valence-corrected chi connectivity index (χ4v) is 1.92. The predicted molar refractivity (Wildman–Crippen MR) is 81.0 cm³/mol. The summed E-state index contributed by atoms with van der Waals surface area (Å²) in [5.41, 5.74) is 2.08. The van der Waals surface area contributed by atoms with Crippen molar-refractivity contribution in [1.82, 2.24) is 20.6 Å². The number of fused-ring (bicyclic) bond motifs is 1. The van der Waals surface area contributed by atoms with Crippen LogP contribution in [0.1, 0.15) is 5.82 Å². The zero-order chi connectivity index (χ0) is 14.2. The average molecular weight is 275 g/mol. The molecule has 0 radical (unpaired) electrons. The van der Waals surface area contributed by atoms with Gasteiger partial charge in [0, 0.05) is 33.7 Å². The molecule has 0 aliphatic heterocycles. The number of benzene rings is 1. The molecule has 6 heteroatoms. The largest absolute Gasteiger partial charge is 0.383 e. The molecule has 3 N–H and O–H groups in total. The highest BCUT2D eigenvalue weighted by atomic mass is 16.5. The lowest BCUT2D eigenvalue weighted by Crippen LogP contribution is -2.39. The highest BCUT2D eigenvalue weighted by Gasteiger charge is 2.02. The van der Waals surface area contributed by atoms with Gasteiger partial charge in [-0.3, -0.25) is 4.99 Å². The summed E-state index contributed by atoms with van der Waals surface area (Å²) in [7, 11) is 3.43. The van der Waals surface area contributed by atoms with Crippen LogP contribution in [0.3, 0.4) is 0 Å². The number of aliphatic imine (C=N–C) groups is 1. The van der Waals surface area contributed by atoms with Crippen molar-refractivity contribution < 1.29 is 4.74 Å². The Labute approximate surface area is 118 Å². The Morgan fingerprint density at radius 3 is 2.85 bits per heavy atom. The molecule has 0 atom stereocenters. The molecule has 0 saturated heterocycles. The Morgan fingerprint density at radius 1 is 1.30 bits per heavy atom. The first-order valence-corrected chi connectivity index (χ1v) is 6.70. The second kappa shape index (κ2) is 7.49. The lowest BCUT2D eigenvalue weighted by atomic mass is 10.3. The van der Waals surface area contributed by atoms with Crippen molar-refractivity contribution in [2.75, 3.05) is 33.9 Å². The number of hydrogen-bond acceptors (Lipinski definition) is 3. The molecular formula is C14H21N5O. The first-order valence-electron chi connectivity index (χ1n) is 6.70. The van der Waals surface area contributed by atoms with Crippen LogP contribution in [0.2, 0.25) is 0 Å². The van der Waals surface area contributed by atoms with Crippen LogP contribution in [-0.4, -0.2) is 49.8 Å². The van der Waals surface area contributed by atoms with E-state index in [1.165, 1.54) is 0 Å². The van der Waals surface area contributed by atoms with Crippen molar-refractivity contribution in [3.8, 4) is 0 Å². The van der Waals surface area contributed by atoms with Gasteiger partial charge in [-0.2, -0.15) is 0 Å². The van der Waals surface area contributed by atoms with Crippen molar-refractivity contribution in [2.45, 2.75) is 6.42 Å². The van der Waals surface area contributed by atoms with E-state index in [0.717, 1.165) is 42.3 Å². The summed E-state index contributed by atoms with van der Waals surface area (Å²) in [4.78, 5) is 12.0. The van der Waals surface area contributed by atoms with E-state index in [2.05, 4.69) is 25.6 Å². The van der Waals surface area contributed by atoms with E-state index in [1.54, 1.807) is 14.2 Å². The van der Waals surface area contributed by atoms with E-state index in [0.29, 0.717) is 6.61 Å². The minimum absolute atomic E-state index is 0.657. The smallest absolute Gasteiger partial charge is 0.191 e. The number of nitrogens with one attached hydrogen (secondary N) is 3. The number of hydrogen-bond donors (Lipinski definition) is 3. The molecule has 108 valence electrons. The number of ether oxygens (including phenoxy) is 1. The van der Waals surface area contributed by atoms with Crippen molar-refractivity contribution in [1.29, 1.82) is 0 Å². The van der Waals surface area contributed by atoms with Gasteiger partial charge in [-0.1, -0.05) is 12.1 Å². The maximum absolute atomic E-state index is 4.98. The highest BCUT2D eigenvalue weighted by Crippen LogP contribution is 2.10. The molecule has 1 aromatic carbocycles. The molecule has 2 aromatic rings. The topological polar surface area (TPSA) is 74.3 Å². The third-order valence-electron chi connectivity index (χ3n) is 2.91. The van der Waals surface area contributed by atoms with Crippen LogP contribution in [0.15, 0.2) is 29.3 Å². The molecule has 2 rings (SSSR count). The molecular weight excluding hydrogens is 254 g/mol. The summed E-state index contributed by atoms with van der Waals surface area (Å²) in [6, 6.07) is 8.04. The first kappa shape index (κ1) is 14.3. The minimum Gasteiger partial charge on any atom is -0.383 e. The lowest BCUT2D eigenvalue weighted by Gasteiger charge is -2.10. The molecule has 1 heterocycles. The molecule has 0 saturated carbocycles. The molecule has 0 amide bonds. The summed E-state index contributed by atoms with van der Waals surface area (Å²) in [6.45, 7) is 2.16. The molecule has 6 nitrogen and oxygen atoms in total. The Kier molecular flexibility index (Phi) is 5.37. The molecule has 0 aliphatic carbocycles. The van der Waals surface area contributed by atoms with Gasteiger partial charge < -0.3 is 20.4 Å². The summed E-state index contributed by atoms with van der Waals surface area (Å²) in [5, 5.41) is 6.41. The van der Waals surface area contributed by atoms with Gasteiger partial charge in [0.1, 0.15) is 5.82 Å². The Hall–Kier alpha value is -2.08. The zero-order valence-electron chi connectivity index (χ0n) is 11.9. The number of methoxy groups -OCH3 is 1. The van der Waals surface area contributed by atoms with E-state index in [9.17, 15) is 0 Å². The molecule has 0 unspecified atom stereocenters. The van der Waals surface area contributed by atoms with Crippen molar-refractivity contribution in [2.24, 2.45) is 4.99 Å². The van der Waals surface area contributed by atoms with Crippen molar-refractivity contribution in [3.63, 3.8) is 0 Å². The number of rotatable bonds is 6. The van der Waals surface area contributed by atoms with E-state index in [-0.39, 0.29) is 0 Å². The van der Waals surface area contributed by atoms with Crippen LogP contribution in [0, 0.1) is 0 Å². The monoisotopic (exact) mass is 275 g/mol. The molecule has 1 aromatic heterocycles. The number of aromatic nitrogens is 2. The SMILES string of the molecule is CN=C(NCCOC)NCCc1nc2ccccc2[nH]1. The lowest BCUT2D eigenvalue weighted by molar-refractivity contribution is 0.203. The van der Waals surface area contributed by atoms with Crippen LogP contribution >= 0.6 is 0 Å². The molecule has 0 bridgehead atoms. The van der Waals surface area contributed by atoms with E-state index >= 15 is 0 Å². The Balaban J connectivity index is 1.79. The first-order chi connectivity index (χ1) is 9.83. The van der Waals surface area contributed by atoms with E-state index in [4.69, 9.17) is 4.74 Å². The number of guanidine groups is 1. The van der Waals surface area contributed by atoms with Crippen molar-refractivity contribution >= 4 is 17.0 Å². The quantitative estimate of drug-likeness (QED) is 0.416. The summed E-state index contributed by atoms with van der Waals surface area (Å²) < 4.78 is 4.98. The van der Waals surface area contributed by atoms with Crippen LogP contribution < -0.4 is 10.6 Å². The van der Waals surface area contributed by atoms with Crippen LogP contribution in [0.5, 0.6) is 0 Å². The van der Waals surface area contributed by atoms with Crippen LogP contribution in [0.4, 0.5) is 0 Å². The predicted octanol–water partition coefficient (Wildman–Crippen LogP) is 0.917. The average Bonchev–Trinajstić information content (AvgIpc) is 2.88. The van der Waals surface area contributed by atoms with Gasteiger partial charge in [0.05, 0.1) is 17.6 Å². The fraction of sp³-hybridized carbons (Fsp3) is 0.429. The number of aromatic amines is 1. The Bertz CT molecular complexity index is 530. The standard InChI is InChI=1S/C14H21N5O/c1-15-14(17-9-10-20-2)16-8-7-13-18-11-5-3-4-6-12(11)19-13/h3-6H,7-10H2,1-2H3,(H,18,19)(H2,15,16,17). The second-order valence-corrected chi connectivity index (χ2v) is 4.37. The van der Waals surface area contributed by atoms with E-state index in [1.807, 2.05) is 24.3 Å². The molecule has 0 aliphatic rings. The van der Waals surface area contributed by atoms with Crippen LogP contribution in [-0.2, 0) is 11.2 Å². The molecule has 0 fully saturated rings. The third-order valence-corrected chi connectivity index (χ3v) is 2.91. The normalized spacial score (nSPS) is 11.8. The summed E-state index contributed by atoms with van der Waals surface area (Å²) in [6.07, 6.45) is 0.819. The van der Waals surface area contributed by atoms with Crippen LogP contribution in [0.25, 0.3) is 11.0 Å². The second-order valence-electron chi connectivity index (χ2n) is 4.37. The maximum Gasteiger partial charge on any atom is 0.191 e. The molecule has 0 spiro atoms. The van der Waals surface area contributed by atoms with Crippen molar-refractivity contribution in [3.05, 3.63) is 30.1 Å². The number of nitrogens with zero attached hydrogens (tertiary/aromatic N) is 2. The minimum atomic E-state index is 0.657. The van der Waals surface area contributed by atoms with Gasteiger partial charge >= 0.3 is 0 Å². The maximum atomic E-state index is 4.98. The Morgan fingerprint density at radius 2 is 2.10 bits per heavy atom. The fourth-order valence-electron chi connectivity index (χ4n) is 1.92. The van der Waals surface area contributed by atoms with Gasteiger partial charge in [-0.25, -0.2) is 4.98 Å². The summed E-state index contributed by atoms with van der Waals surface area (Å²) in [5.74, 6) is 1.75. The van der Waals surface area contributed by atoms with Gasteiger partial charge in [0.25, 0.3) is 0 Å². The third kappa shape index (κ3) is 3.96. The van der Waals surface area contributed by atoms with Gasteiger partial charge in [0.2, 0.25) is 0 Å².